The Morgan fingerprint density at radius 3 is 2.57 bits per heavy atom. The molecule has 0 saturated heterocycles. The van der Waals surface area contributed by atoms with E-state index in [-0.39, 0.29) is 12.7 Å². The SMILES string of the molecule is CC.OP(O)OCC1C=CC([Se][Ba])O1. The van der Waals surface area contributed by atoms with Crippen LogP contribution in [-0.2, 0) is 9.26 Å². The average Bonchev–Trinajstić information content (AvgIpc) is 2.65. The quantitative estimate of drug-likeness (QED) is 0.399. The summed E-state index contributed by atoms with van der Waals surface area (Å²) in [5.41, 5.74) is 0. The van der Waals surface area contributed by atoms with Gasteiger partial charge >= 0.3 is 107 Å². The van der Waals surface area contributed by atoms with Crippen molar-refractivity contribution < 1.29 is 19.0 Å². The van der Waals surface area contributed by atoms with E-state index in [9.17, 15) is 0 Å². The third-order valence-electron chi connectivity index (χ3n) is 1.31. The summed E-state index contributed by atoms with van der Waals surface area (Å²) in [7, 11) is -2.23. The zero-order chi connectivity index (χ0) is 11.0. The second-order valence-electron chi connectivity index (χ2n) is 2.14. The van der Waals surface area contributed by atoms with Gasteiger partial charge < -0.3 is 0 Å². The van der Waals surface area contributed by atoms with E-state index in [0.29, 0.717) is 11.2 Å². The summed E-state index contributed by atoms with van der Waals surface area (Å²) in [6, 6.07) is 0. The Morgan fingerprint density at radius 1 is 1.50 bits per heavy atom. The van der Waals surface area contributed by atoms with E-state index < -0.39 is 8.60 Å². The van der Waals surface area contributed by atoms with Crippen LogP contribution in [0.15, 0.2) is 12.2 Å². The maximum atomic E-state index is 8.47. The maximum absolute atomic E-state index is 8.47. The molecule has 0 bridgehead atoms. The molecule has 0 amide bonds. The Kier molecular flexibility index (Phi) is 11.8. The van der Waals surface area contributed by atoms with Crippen molar-refractivity contribution >= 4 is 57.8 Å². The van der Waals surface area contributed by atoms with Crippen molar-refractivity contribution in [3.8, 4) is 0 Å². The molecule has 0 aliphatic carbocycles. The summed E-state index contributed by atoms with van der Waals surface area (Å²) in [5.74, 6) is 0. The van der Waals surface area contributed by atoms with Gasteiger partial charge in [-0.3, -0.25) is 0 Å². The first-order valence-electron chi connectivity index (χ1n) is 4.28. The van der Waals surface area contributed by atoms with Crippen molar-refractivity contribution in [2.75, 3.05) is 6.61 Å². The molecule has 0 fully saturated rings. The summed E-state index contributed by atoms with van der Waals surface area (Å²) in [6.07, 6.45) is 4.52. The number of ether oxygens (including phenoxy) is 1. The summed E-state index contributed by atoms with van der Waals surface area (Å²) in [5, 5.41) is 0.304. The van der Waals surface area contributed by atoms with Gasteiger partial charge in [-0.25, -0.2) is 0 Å². The van der Waals surface area contributed by atoms with Crippen molar-refractivity contribution in [2.24, 2.45) is 0 Å². The Bertz CT molecular complexity index is 170. The second kappa shape index (κ2) is 10.3. The van der Waals surface area contributed by atoms with E-state index in [0.717, 1.165) is 43.1 Å². The van der Waals surface area contributed by atoms with Crippen LogP contribution in [0.4, 0.5) is 0 Å². The van der Waals surface area contributed by atoms with E-state index in [1.54, 1.807) is 0 Å². The molecule has 1 heterocycles. The number of hydrogen-bond donors (Lipinski definition) is 2. The monoisotopic (exact) mass is 411 g/mol. The predicted molar refractivity (Wildman–Crippen MR) is 58.0 cm³/mol. The molecular weight excluding hydrogens is 395 g/mol. The van der Waals surface area contributed by atoms with Crippen molar-refractivity contribution in [2.45, 2.75) is 25.0 Å². The summed E-state index contributed by atoms with van der Waals surface area (Å²) in [6.45, 7) is 4.25. The summed E-state index contributed by atoms with van der Waals surface area (Å²) >= 11 is 0.807. The van der Waals surface area contributed by atoms with Crippen molar-refractivity contribution in [3.63, 3.8) is 0 Å². The van der Waals surface area contributed by atoms with Crippen molar-refractivity contribution in [1.29, 1.82) is 0 Å². The average molecular weight is 409 g/mol. The molecule has 0 aromatic heterocycles. The second-order valence-corrected chi connectivity index (χ2v) is 10.0. The molecule has 2 atom stereocenters. The van der Waals surface area contributed by atoms with E-state index in [1.165, 1.54) is 0 Å². The molecule has 1 aliphatic heterocycles. The third-order valence-corrected chi connectivity index (χ3v) is 8.30. The third kappa shape index (κ3) is 7.39. The number of hydrogen-bond acceptors (Lipinski definition) is 4. The molecule has 0 spiro atoms. The van der Waals surface area contributed by atoms with E-state index >= 15 is 0 Å². The van der Waals surface area contributed by atoms with Crippen LogP contribution >= 0.6 is 8.60 Å². The molecule has 14 heavy (non-hydrogen) atoms. The normalized spacial score (nSPS) is 24.9. The molecule has 79 valence electrons. The van der Waals surface area contributed by atoms with Gasteiger partial charge in [0.25, 0.3) is 0 Å². The molecule has 4 nitrogen and oxygen atoms in total. The summed E-state index contributed by atoms with van der Waals surface area (Å²) in [4.78, 5) is 16.9. The van der Waals surface area contributed by atoms with Crippen LogP contribution in [0.25, 0.3) is 0 Å². The summed E-state index contributed by atoms with van der Waals surface area (Å²) < 4.78 is 10.1. The van der Waals surface area contributed by atoms with Gasteiger partial charge in [-0.2, -0.15) is 0 Å². The van der Waals surface area contributed by atoms with Gasteiger partial charge in [0.2, 0.25) is 0 Å². The van der Waals surface area contributed by atoms with E-state index in [2.05, 4.69) is 4.52 Å². The van der Waals surface area contributed by atoms with Gasteiger partial charge in [0.15, 0.2) is 0 Å². The zero-order valence-electron chi connectivity index (χ0n) is 8.29. The van der Waals surface area contributed by atoms with Crippen LogP contribution in [0.1, 0.15) is 13.8 Å². The van der Waals surface area contributed by atoms with Crippen molar-refractivity contribution in [3.05, 3.63) is 12.2 Å². The minimum atomic E-state index is -2.23. The van der Waals surface area contributed by atoms with Gasteiger partial charge in [0.1, 0.15) is 0 Å². The predicted octanol–water partition coefficient (Wildman–Crippen LogP) is 0.309. The molecule has 0 aromatic carbocycles. The standard InChI is InChI=1S/C5H9O4PSe.C2H6.Ba/c6-10(7)8-3-4-1-2-5(11)9-4;1-2;/h1-2,4-7,11H,3H2;1-2H3;/q;;+1/p-1. The molecule has 0 saturated carbocycles. The fraction of sp³-hybridized carbons (Fsp3) is 0.714. The zero-order valence-corrected chi connectivity index (χ0v) is 15.3. The van der Waals surface area contributed by atoms with E-state index in [1.807, 2.05) is 26.0 Å². The van der Waals surface area contributed by atoms with Crippen LogP contribution in [0.2, 0.25) is 0 Å². The van der Waals surface area contributed by atoms with Crippen LogP contribution in [0.5, 0.6) is 0 Å². The van der Waals surface area contributed by atoms with Crippen LogP contribution in [0, 0.1) is 0 Å². The Labute approximate surface area is 119 Å². The molecular formula is C7H14BaO4PSe. The van der Waals surface area contributed by atoms with E-state index in [4.69, 9.17) is 14.5 Å². The van der Waals surface area contributed by atoms with Gasteiger partial charge in [0.05, 0.1) is 0 Å². The Balaban J connectivity index is 0.000000791. The van der Waals surface area contributed by atoms with Crippen LogP contribution in [-0.4, -0.2) is 76.7 Å². The molecule has 2 N–H and O–H groups in total. The van der Waals surface area contributed by atoms with Gasteiger partial charge in [-0.05, 0) is 0 Å². The Morgan fingerprint density at radius 2 is 2.14 bits per heavy atom. The molecule has 1 rings (SSSR count). The van der Waals surface area contributed by atoms with Crippen LogP contribution < -0.4 is 0 Å². The van der Waals surface area contributed by atoms with Gasteiger partial charge in [-0.15, -0.1) is 0 Å². The first-order chi connectivity index (χ1) is 6.72. The molecule has 0 aromatic rings. The molecule has 1 radical (unpaired) electrons. The molecule has 7 heteroatoms. The molecule has 1 aliphatic rings. The first-order valence-corrected chi connectivity index (χ1v) is 17.1. The molecule has 2 unspecified atom stereocenters. The Hall–Kier alpha value is 2.10. The minimum absolute atomic E-state index is 0.0790. The van der Waals surface area contributed by atoms with Gasteiger partial charge in [-0.1, -0.05) is 13.8 Å². The van der Waals surface area contributed by atoms with Gasteiger partial charge in [0, 0.05) is 0 Å². The topological polar surface area (TPSA) is 58.9 Å². The van der Waals surface area contributed by atoms with Crippen molar-refractivity contribution in [1.82, 2.24) is 0 Å². The first kappa shape index (κ1) is 16.1. The van der Waals surface area contributed by atoms with Crippen LogP contribution in [0.3, 0.4) is 0 Å². The fourth-order valence-corrected chi connectivity index (χ4v) is 5.07. The number of rotatable bonds is 4. The fourth-order valence-electron chi connectivity index (χ4n) is 0.807.